The highest BCUT2D eigenvalue weighted by atomic mass is 32.2. The molecule has 0 aromatic heterocycles. The number of carbonyl (C=O) groups is 1. The Hall–Kier alpha value is -3.92. The summed E-state index contributed by atoms with van der Waals surface area (Å²) < 4.78 is 49.8. The van der Waals surface area contributed by atoms with Gasteiger partial charge in [0, 0.05) is 12.6 Å². The first-order valence-electron chi connectivity index (χ1n) is 11.0. The van der Waals surface area contributed by atoms with Crippen molar-refractivity contribution in [3.63, 3.8) is 0 Å². The molecule has 0 aliphatic carbocycles. The highest BCUT2D eigenvalue weighted by Crippen LogP contribution is 2.32. The molecule has 0 saturated heterocycles. The van der Waals surface area contributed by atoms with E-state index in [0.29, 0.717) is 17.2 Å². The van der Waals surface area contributed by atoms with Crippen molar-refractivity contribution in [1.29, 1.82) is 0 Å². The number of amides is 1. The van der Waals surface area contributed by atoms with Crippen molar-refractivity contribution < 1.29 is 32.2 Å². The van der Waals surface area contributed by atoms with Gasteiger partial charge in [0.15, 0.2) is 11.5 Å². The molecule has 0 radical (unpaired) electrons. The fourth-order valence-corrected chi connectivity index (χ4v) is 5.22. The largest absolute Gasteiger partial charge is 0.497 e. The Morgan fingerprint density at radius 3 is 2.19 bits per heavy atom. The Bertz CT molecular complexity index is 1330. The van der Waals surface area contributed by atoms with Crippen LogP contribution >= 0.6 is 0 Å². The maximum atomic E-state index is 13.8. The van der Waals surface area contributed by atoms with Crippen molar-refractivity contribution in [3.05, 3.63) is 71.8 Å². The lowest BCUT2D eigenvalue weighted by molar-refractivity contribution is -0.119. The number of hydrogen-bond donors (Lipinski definition) is 1. The Morgan fingerprint density at radius 1 is 0.833 bits per heavy atom. The van der Waals surface area contributed by atoms with Crippen LogP contribution in [0.5, 0.6) is 23.0 Å². The molecule has 0 spiro atoms. The van der Waals surface area contributed by atoms with E-state index < -0.39 is 22.5 Å². The van der Waals surface area contributed by atoms with Crippen molar-refractivity contribution >= 4 is 21.6 Å². The standard InChI is InChI=1S/C26H30N2O7S/c1-18-9-11-23(34-4)25(13-18)36(30,31)28(20-7-6-8-21(15-20)32-2)17-26(29)27-16-19-10-12-22(33-3)24(14-19)35-5/h6-15H,16-17H2,1-5H3,(H,27,29). The van der Waals surface area contributed by atoms with Gasteiger partial charge in [0.2, 0.25) is 5.91 Å². The third-order valence-corrected chi connectivity index (χ3v) is 7.25. The monoisotopic (exact) mass is 514 g/mol. The normalized spacial score (nSPS) is 10.9. The zero-order valence-corrected chi connectivity index (χ0v) is 21.7. The molecule has 0 atom stereocenters. The van der Waals surface area contributed by atoms with Gasteiger partial charge in [-0.1, -0.05) is 18.2 Å². The van der Waals surface area contributed by atoms with Crippen LogP contribution in [0.1, 0.15) is 11.1 Å². The molecule has 9 nitrogen and oxygen atoms in total. The van der Waals surface area contributed by atoms with E-state index >= 15 is 0 Å². The van der Waals surface area contributed by atoms with E-state index in [1.807, 2.05) is 0 Å². The van der Waals surface area contributed by atoms with Crippen LogP contribution in [0.15, 0.2) is 65.6 Å². The lowest BCUT2D eigenvalue weighted by atomic mass is 10.2. The highest BCUT2D eigenvalue weighted by molar-refractivity contribution is 7.93. The Morgan fingerprint density at radius 2 is 1.53 bits per heavy atom. The smallest absolute Gasteiger partial charge is 0.268 e. The summed E-state index contributed by atoms with van der Waals surface area (Å²) in [6.45, 7) is 1.49. The summed E-state index contributed by atoms with van der Waals surface area (Å²) in [6, 6.07) is 16.6. The first-order valence-corrected chi connectivity index (χ1v) is 12.5. The Labute approximate surface area is 211 Å². The number of carbonyl (C=O) groups excluding carboxylic acids is 1. The van der Waals surface area contributed by atoms with Crippen LogP contribution in [0, 0.1) is 6.92 Å². The number of rotatable bonds is 11. The van der Waals surface area contributed by atoms with E-state index in [1.54, 1.807) is 61.5 Å². The van der Waals surface area contributed by atoms with E-state index in [0.717, 1.165) is 15.4 Å². The number of aryl methyl sites for hydroxylation is 1. The highest BCUT2D eigenvalue weighted by Gasteiger charge is 2.30. The second-order valence-electron chi connectivity index (χ2n) is 7.83. The molecule has 192 valence electrons. The number of hydrogen-bond acceptors (Lipinski definition) is 7. The molecular weight excluding hydrogens is 484 g/mol. The minimum absolute atomic E-state index is 0.0412. The van der Waals surface area contributed by atoms with Gasteiger partial charge in [0.25, 0.3) is 10.0 Å². The van der Waals surface area contributed by atoms with Crippen molar-refractivity contribution in [2.75, 3.05) is 39.3 Å². The van der Waals surface area contributed by atoms with Gasteiger partial charge in [0.05, 0.1) is 34.1 Å². The van der Waals surface area contributed by atoms with Gasteiger partial charge in [-0.15, -0.1) is 0 Å². The molecule has 0 bridgehead atoms. The zero-order valence-electron chi connectivity index (χ0n) is 20.9. The van der Waals surface area contributed by atoms with Crippen molar-refractivity contribution in [2.24, 2.45) is 0 Å². The van der Waals surface area contributed by atoms with Gasteiger partial charge in [-0.3, -0.25) is 9.10 Å². The first kappa shape index (κ1) is 26.7. The van der Waals surface area contributed by atoms with E-state index in [2.05, 4.69) is 5.32 Å². The zero-order chi connectivity index (χ0) is 26.3. The van der Waals surface area contributed by atoms with Gasteiger partial charge < -0.3 is 24.3 Å². The van der Waals surface area contributed by atoms with Gasteiger partial charge in [-0.2, -0.15) is 0 Å². The predicted octanol–water partition coefficient (Wildman–Crippen LogP) is 3.54. The van der Waals surface area contributed by atoms with Crippen molar-refractivity contribution in [3.8, 4) is 23.0 Å². The van der Waals surface area contributed by atoms with Crippen LogP contribution in [-0.4, -0.2) is 49.3 Å². The second kappa shape index (κ2) is 11.7. The SMILES string of the molecule is COc1cccc(N(CC(=O)NCc2ccc(OC)c(OC)c2)S(=O)(=O)c2cc(C)ccc2OC)c1. The molecule has 3 aromatic carbocycles. The van der Waals surface area contributed by atoms with E-state index in [9.17, 15) is 13.2 Å². The van der Waals surface area contributed by atoms with Crippen LogP contribution in [0.3, 0.4) is 0 Å². The lowest BCUT2D eigenvalue weighted by Gasteiger charge is -2.25. The molecule has 0 aliphatic rings. The third kappa shape index (κ3) is 6.01. The fourth-order valence-electron chi connectivity index (χ4n) is 3.56. The van der Waals surface area contributed by atoms with E-state index in [-0.39, 0.29) is 22.9 Å². The summed E-state index contributed by atoms with van der Waals surface area (Å²) >= 11 is 0. The number of nitrogens with zero attached hydrogens (tertiary/aromatic N) is 1. The van der Waals surface area contributed by atoms with Crippen LogP contribution in [-0.2, 0) is 21.4 Å². The molecule has 0 aliphatic heterocycles. The summed E-state index contributed by atoms with van der Waals surface area (Å²) in [5, 5.41) is 2.78. The summed E-state index contributed by atoms with van der Waals surface area (Å²) in [5.74, 6) is 1.23. The molecule has 10 heteroatoms. The number of methoxy groups -OCH3 is 4. The molecule has 1 amide bonds. The Balaban J connectivity index is 1.92. The maximum Gasteiger partial charge on any atom is 0.268 e. The van der Waals surface area contributed by atoms with Crippen LogP contribution in [0.4, 0.5) is 5.69 Å². The molecular formula is C26H30N2O7S. The topological polar surface area (TPSA) is 103 Å². The summed E-state index contributed by atoms with van der Waals surface area (Å²) in [7, 11) is 1.76. The van der Waals surface area contributed by atoms with Crippen LogP contribution < -0.4 is 28.6 Å². The first-order chi connectivity index (χ1) is 17.2. The van der Waals surface area contributed by atoms with Crippen LogP contribution in [0.25, 0.3) is 0 Å². The van der Waals surface area contributed by atoms with E-state index in [4.69, 9.17) is 18.9 Å². The minimum Gasteiger partial charge on any atom is -0.497 e. The van der Waals surface area contributed by atoms with Gasteiger partial charge in [-0.25, -0.2) is 8.42 Å². The molecule has 1 N–H and O–H groups in total. The maximum absolute atomic E-state index is 13.8. The molecule has 0 unspecified atom stereocenters. The van der Waals surface area contributed by atoms with Gasteiger partial charge in [0.1, 0.15) is 22.9 Å². The Kier molecular flexibility index (Phi) is 8.65. The second-order valence-corrected chi connectivity index (χ2v) is 9.66. The van der Waals surface area contributed by atoms with Gasteiger partial charge in [-0.05, 0) is 54.4 Å². The predicted molar refractivity (Wildman–Crippen MR) is 137 cm³/mol. The number of anilines is 1. The van der Waals surface area contributed by atoms with Crippen LogP contribution in [0.2, 0.25) is 0 Å². The molecule has 3 aromatic rings. The number of benzene rings is 3. The summed E-state index contributed by atoms with van der Waals surface area (Å²) in [4.78, 5) is 13.0. The fraction of sp³-hybridized carbons (Fsp3) is 0.269. The molecule has 0 fully saturated rings. The van der Waals surface area contributed by atoms with Crippen molar-refractivity contribution in [1.82, 2.24) is 5.32 Å². The molecule has 36 heavy (non-hydrogen) atoms. The average Bonchev–Trinajstić information content (AvgIpc) is 2.90. The number of nitrogens with one attached hydrogen (secondary N) is 1. The lowest BCUT2D eigenvalue weighted by Crippen LogP contribution is -2.40. The summed E-state index contributed by atoms with van der Waals surface area (Å²) in [5.41, 5.74) is 1.77. The van der Waals surface area contributed by atoms with Gasteiger partial charge >= 0.3 is 0 Å². The van der Waals surface area contributed by atoms with E-state index in [1.165, 1.54) is 34.5 Å². The number of ether oxygens (including phenoxy) is 4. The molecule has 3 rings (SSSR count). The average molecular weight is 515 g/mol. The quantitative estimate of drug-likeness (QED) is 0.417. The molecule has 0 saturated carbocycles. The molecule has 0 heterocycles. The van der Waals surface area contributed by atoms with Crippen molar-refractivity contribution in [2.45, 2.75) is 18.4 Å². The minimum atomic E-state index is -4.19. The third-order valence-electron chi connectivity index (χ3n) is 5.45. The summed E-state index contributed by atoms with van der Waals surface area (Å²) in [6.07, 6.45) is 0. The number of sulfonamides is 1.